The first-order valence-electron chi connectivity index (χ1n) is 8.93. The van der Waals surface area contributed by atoms with Crippen LogP contribution in [0.25, 0.3) is 0 Å². The normalized spacial score (nSPS) is 20.2. The Labute approximate surface area is 159 Å². The molecule has 1 aliphatic heterocycles. The molecule has 146 valence electrons. The van der Waals surface area contributed by atoms with Crippen molar-refractivity contribution >= 4 is 17.7 Å². The van der Waals surface area contributed by atoms with Crippen molar-refractivity contribution in [1.29, 1.82) is 0 Å². The maximum atomic E-state index is 11.6. The predicted octanol–water partition coefficient (Wildman–Crippen LogP) is 2.35. The van der Waals surface area contributed by atoms with Crippen molar-refractivity contribution in [3.05, 3.63) is 29.8 Å². The summed E-state index contributed by atoms with van der Waals surface area (Å²) in [5, 5.41) is 0. The molecule has 0 aromatic heterocycles. The van der Waals surface area contributed by atoms with Gasteiger partial charge in [-0.2, -0.15) is 0 Å². The Kier molecular flexibility index (Phi) is 9.42. The summed E-state index contributed by atoms with van der Waals surface area (Å²) >= 11 is 1.60. The smallest absolute Gasteiger partial charge is 0.249 e. The van der Waals surface area contributed by atoms with Crippen LogP contribution in [0.1, 0.15) is 23.7 Å². The monoisotopic (exact) mass is 383 g/mol. The summed E-state index contributed by atoms with van der Waals surface area (Å²) in [6.45, 7) is 6.87. The topological polar surface area (TPSA) is 80.0 Å². The van der Waals surface area contributed by atoms with Crippen LogP contribution >= 0.6 is 11.8 Å². The van der Waals surface area contributed by atoms with E-state index < -0.39 is 5.91 Å². The number of nitrogens with two attached hydrogens (primary N) is 1. The van der Waals surface area contributed by atoms with E-state index in [1.807, 2.05) is 18.2 Å². The lowest BCUT2D eigenvalue weighted by Gasteiger charge is -2.29. The van der Waals surface area contributed by atoms with Crippen LogP contribution in [0.2, 0.25) is 0 Å². The van der Waals surface area contributed by atoms with E-state index in [2.05, 4.69) is 6.92 Å². The number of ether oxygens (including phenoxy) is 4. The van der Waals surface area contributed by atoms with Crippen molar-refractivity contribution in [2.75, 3.05) is 58.6 Å². The van der Waals surface area contributed by atoms with E-state index in [0.717, 1.165) is 17.1 Å². The summed E-state index contributed by atoms with van der Waals surface area (Å²) in [6.07, 6.45) is 0.883. The van der Waals surface area contributed by atoms with Crippen LogP contribution in [0.4, 0.5) is 0 Å². The lowest BCUT2D eigenvalue weighted by molar-refractivity contribution is -0.0404. The van der Waals surface area contributed by atoms with E-state index in [-0.39, 0.29) is 5.41 Å². The van der Waals surface area contributed by atoms with Gasteiger partial charge in [0.1, 0.15) is 0 Å². The van der Waals surface area contributed by atoms with Gasteiger partial charge in [0.2, 0.25) is 5.91 Å². The second kappa shape index (κ2) is 11.6. The number of rotatable bonds is 4. The molecule has 2 rings (SSSR count). The predicted molar refractivity (Wildman–Crippen MR) is 102 cm³/mol. The van der Waals surface area contributed by atoms with Gasteiger partial charge in [-0.25, -0.2) is 0 Å². The molecular formula is C19H29NO5S. The number of primary amides is 1. The van der Waals surface area contributed by atoms with Crippen LogP contribution in [0.15, 0.2) is 29.2 Å². The fraction of sp³-hybridized carbons (Fsp3) is 0.632. The van der Waals surface area contributed by atoms with Gasteiger partial charge in [-0.05, 0) is 18.6 Å². The molecule has 0 radical (unpaired) electrons. The highest BCUT2D eigenvalue weighted by atomic mass is 32.2. The van der Waals surface area contributed by atoms with Gasteiger partial charge in [0, 0.05) is 29.3 Å². The molecule has 0 bridgehead atoms. The molecule has 1 aromatic rings. The van der Waals surface area contributed by atoms with Crippen LogP contribution in [0.3, 0.4) is 0 Å². The molecule has 0 saturated carbocycles. The van der Waals surface area contributed by atoms with E-state index in [9.17, 15) is 4.79 Å². The number of benzene rings is 1. The minimum Gasteiger partial charge on any atom is -0.379 e. The second-order valence-electron chi connectivity index (χ2n) is 6.64. The first-order valence-corrected chi connectivity index (χ1v) is 9.92. The molecule has 2 N–H and O–H groups in total. The molecule has 1 saturated heterocycles. The minimum absolute atomic E-state index is 0.195. The lowest BCUT2D eigenvalue weighted by atomic mass is 9.96. The van der Waals surface area contributed by atoms with Gasteiger partial charge in [-0.3, -0.25) is 4.79 Å². The number of amides is 1. The van der Waals surface area contributed by atoms with Gasteiger partial charge < -0.3 is 24.7 Å². The molecule has 0 spiro atoms. The molecule has 1 amide bonds. The Morgan fingerprint density at radius 2 is 1.58 bits per heavy atom. The third-order valence-corrected chi connectivity index (χ3v) is 5.46. The first-order chi connectivity index (χ1) is 12.6. The van der Waals surface area contributed by atoms with Crippen molar-refractivity contribution in [3.8, 4) is 0 Å². The van der Waals surface area contributed by atoms with Crippen LogP contribution in [0, 0.1) is 5.41 Å². The molecule has 6 nitrogen and oxygen atoms in total. The van der Waals surface area contributed by atoms with Gasteiger partial charge in [0.25, 0.3) is 0 Å². The maximum absolute atomic E-state index is 11.6. The summed E-state index contributed by atoms with van der Waals surface area (Å²) in [6, 6.07) is 7.40. The molecule has 1 fully saturated rings. The summed E-state index contributed by atoms with van der Waals surface area (Å²) in [5.74, 6) is 0.338. The fourth-order valence-corrected chi connectivity index (χ4v) is 3.68. The molecule has 1 aliphatic rings. The zero-order valence-corrected chi connectivity index (χ0v) is 16.2. The quantitative estimate of drug-likeness (QED) is 0.804. The van der Waals surface area contributed by atoms with Crippen LogP contribution in [-0.2, 0) is 18.9 Å². The Hall–Kier alpha value is -1.12. The van der Waals surface area contributed by atoms with Gasteiger partial charge in [0.05, 0.1) is 45.2 Å². The van der Waals surface area contributed by atoms with Gasteiger partial charge in [-0.15, -0.1) is 11.8 Å². The third-order valence-electron chi connectivity index (χ3n) is 3.95. The lowest BCUT2D eigenvalue weighted by Crippen LogP contribution is -2.33. The molecular weight excluding hydrogens is 354 g/mol. The number of carbonyl (C=O) groups excluding carboxylic acids is 1. The van der Waals surface area contributed by atoms with Gasteiger partial charge in [-0.1, -0.05) is 19.1 Å². The molecule has 0 unspecified atom stereocenters. The van der Waals surface area contributed by atoms with Gasteiger partial charge in [0.15, 0.2) is 0 Å². The summed E-state index contributed by atoms with van der Waals surface area (Å²) in [7, 11) is 0. The highest BCUT2D eigenvalue weighted by Gasteiger charge is 2.26. The molecule has 7 heteroatoms. The number of carbonyl (C=O) groups is 1. The highest BCUT2D eigenvalue weighted by Crippen LogP contribution is 2.31. The van der Waals surface area contributed by atoms with E-state index >= 15 is 0 Å². The first kappa shape index (κ1) is 21.2. The average molecular weight is 384 g/mol. The number of hydrogen-bond acceptors (Lipinski definition) is 6. The molecule has 0 aliphatic carbocycles. The highest BCUT2D eigenvalue weighted by molar-refractivity contribution is 7.99. The molecule has 26 heavy (non-hydrogen) atoms. The van der Waals surface area contributed by atoms with E-state index in [0.29, 0.717) is 58.4 Å². The Balaban J connectivity index is 1.94. The Bertz CT molecular complexity index is 540. The largest absolute Gasteiger partial charge is 0.379 e. The van der Waals surface area contributed by atoms with Crippen molar-refractivity contribution < 1.29 is 23.7 Å². The van der Waals surface area contributed by atoms with Crippen molar-refractivity contribution in [3.63, 3.8) is 0 Å². The maximum Gasteiger partial charge on any atom is 0.249 e. The van der Waals surface area contributed by atoms with E-state index in [1.54, 1.807) is 17.8 Å². The number of hydrogen-bond donors (Lipinski definition) is 1. The average Bonchev–Trinajstić information content (AvgIpc) is 2.64. The second-order valence-corrected chi connectivity index (χ2v) is 7.66. The van der Waals surface area contributed by atoms with Crippen molar-refractivity contribution in [2.45, 2.75) is 18.2 Å². The SMILES string of the molecule is CC1(CSc2ccccc2C(N)=O)COCCOCCCOCCOC1. The summed E-state index contributed by atoms with van der Waals surface area (Å²) in [4.78, 5) is 12.5. The van der Waals surface area contributed by atoms with Crippen molar-refractivity contribution in [2.24, 2.45) is 11.1 Å². The molecule has 1 heterocycles. The van der Waals surface area contributed by atoms with Crippen molar-refractivity contribution in [1.82, 2.24) is 0 Å². The molecule has 1 aromatic carbocycles. The minimum atomic E-state index is -0.411. The van der Waals surface area contributed by atoms with Gasteiger partial charge >= 0.3 is 0 Å². The number of thioether (sulfide) groups is 1. The standard InChI is InChI=1S/C19H29NO5S/c1-19(15-26-17-6-3-2-5-16(17)18(20)21)13-24-11-9-22-7-4-8-23-10-12-25-14-19/h2-3,5-6H,4,7-15H2,1H3,(H2,20,21). The Morgan fingerprint density at radius 3 is 2.19 bits per heavy atom. The van der Waals surface area contributed by atoms with Crippen LogP contribution in [0.5, 0.6) is 0 Å². The van der Waals surface area contributed by atoms with Crippen LogP contribution < -0.4 is 5.73 Å². The van der Waals surface area contributed by atoms with E-state index in [4.69, 9.17) is 24.7 Å². The molecule has 0 atom stereocenters. The zero-order valence-electron chi connectivity index (χ0n) is 15.4. The summed E-state index contributed by atoms with van der Waals surface area (Å²) in [5.41, 5.74) is 5.82. The zero-order chi connectivity index (χ0) is 18.7. The summed E-state index contributed by atoms with van der Waals surface area (Å²) < 4.78 is 22.7. The van der Waals surface area contributed by atoms with E-state index in [1.165, 1.54) is 0 Å². The third kappa shape index (κ3) is 7.63. The van der Waals surface area contributed by atoms with Crippen LogP contribution in [-0.4, -0.2) is 64.5 Å². The Morgan fingerprint density at radius 1 is 1.00 bits per heavy atom. The fourth-order valence-electron chi connectivity index (χ4n) is 2.51.